The Morgan fingerprint density at radius 2 is 1.36 bits per heavy atom. The zero-order chi connectivity index (χ0) is 30.5. The van der Waals surface area contributed by atoms with Gasteiger partial charge in [0.2, 0.25) is 0 Å². The molecule has 1 aliphatic rings. The Balaban J connectivity index is 1.74. The number of aliphatic hydroxyl groups excluding tert-OH is 1. The number of hydrogen-bond donors (Lipinski definition) is 1. The largest absolute Gasteiger partial charge is 0.497 e. The van der Waals surface area contributed by atoms with Crippen LogP contribution in [0.25, 0.3) is 0 Å². The average Bonchev–Trinajstić information content (AvgIpc) is 3.01. The molecule has 42 heavy (non-hydrogen) atoms. The molecule has 1 heterocycles. The van der Waals surface area contributed by atoms with Gasteiger partial charge in [0.25, 0.3) is 8.32 Å². The van der Waals surface area contributed by atoms with Gasteiger partial charge in [-0.3, -0.25) is 0 Å². The van der Waals surface area contributed by atoms with Crippen molar-refractivity contribution in [3.8, 4) is 5.75 Å². The summed E-state index contributed by atoms with van der Waals surface area (Å²) in [7, 11) is -1.10. The SMILES string of the molecule is CC[C@@H](O[Si](c1ccccc1)(c1ccccc1)C(C)(C)C)[C@H](C)[C@@H]1OC(c2ccc(OC)cc2)O[C@@H]([C@H](C)CO)[C@@H]1C. The van der Waals surface area contributed by atoms with Crippen LogP contribution in [0.5, 0.6) is 5.75 Å². The number of methoxy groups -OCH3 is 1. The van der Waals surface area contributed by atoms with Gasteiger partial charge in [0, 0.05) is 29.9 Å². The van der Waals surface area contributed by atoms with Gasteiger partial charge in [-0.15, -0.1) is 0 Å². The Morgan fingerprint density at radius 1 is 0.833 bits per heavy atom. The minimum Gasteiger partial charge on any atom is -0.497 e. The van der Waals surface area contributed by atoms with E-state index < -0.39 is 14.6 Å². The zero-order valence-corrected chi connectivity index (χ0v) is 27.6. The van der Waals surface area contributed by atoms with E-state index in [1.165, 1.54) is 10.4 Å². The number of ether oxygens (including phenoxy) is 3. The van der Waals surface area contributed by atoms with Gasteiger partial charge >= 0.3 is 0 Å². The molecule has 4 rings (SSSR count). The Morgan fingerprint density at radius 3 is 1.81 bits per heavy atom. The molecule has 1 saturated heterocycles. The second-order valence-electron chi connectivity index (χ2n) is 12.9. The highest BCUT2D eigenvalue weighted by molar-refractivity contribution is 6.99. The lowest BCUT2D eigenvalue weighted by Gasteiger charge is -2.49. The monoisotopic (exact) mass is 590 g/mol. The fourth-order valence-electron chi connectivity index (χ4n) is 6.72. The molecule has 1 fully saturated rings. The summed E-state index contributed by atoms with van der Waals surface area (Å²) in [4.78, 5) is 0. The van der Waals surface area contributed by atoms with E-state index >= 15 is 0 Å². The van der Waals surface area contributed by atoms with Crippen molar-refractivity contribution in [2.75, 3.05) is 13.7 Å². The molecule has 0 saturated carbocycles. The maximum atomic E-state index is 10.1. The van der Waals surface area contributed by atoms with Crippen molar-refractivity contribution < 1.29 is 23.7 Å². The Labute approximate surface area is 254 Å². The van der Waals surface area contributed by atoms with Crippen LogP contribution in [0.4, 0.5) is 0 Å². The predicted octanol–water partition coefficient (Wildman–Crippen LogP) is 6.73. The van der Waals surface area contributed by atoms with Crippen molar-refractivity contribution in [3.05, 3.63) is 90.5 Å². The summed E-state index contributed by atoms with van der Waals surface area (Å²) in [6, 6.07) is 29.5. The van der Waals surface area contributed by atoms with Crippen LogP contribution in [-0.4, -0.2) is 45.5 Å². The number of aliphatic hydroxyl groups is 1. The van der Waals surface area contributed by atoms with Gasteiger partial charge in [-0.05, 0) is 34.0 Å². The van der Waals surface area contributed by atoms with Gasteiger partial charge in [0.15, 0.2) is 6.29 Å². The first-order valence-electron chi connectivity index (χ1n) is 15.4. The maximum absolute atomic E-state index is 10.1. The summed E-state index contributed by atoms with van der Waals surface area (Å²) in [5, 5.41) is 12.6. The molecule has 0 bridgehead atoms. The van der Waals surface area contributed by atoms with Crippen LogP contribution in [0.3, 0.4) is 0 Å². The molecule has 3 aromatic carbocycles. The Hall–Kier alpha value is -2.48. The van der Waals surface area contributed by atoms with Crippen LogP contribution < -0.4 is 15.1 Å². The van der Waals surface area contributed by atoms with Gasteiger partial charge in [0.1, 0.15) is 5.75 Å². The third-order valence-electron chi connectivity index (χ3n) is 9.09. The molecule has 0 aliphatic carbocycles. The summed E-state index contributed by atoms with van der Waals surface area (Å²) in [5.41, 5.74) is 0.941. The van der Waals surface area contributed by atoms with E-state index in [1.54, 1.807) is 7.11 Å². The fraction of sp³-hybridized carbons (Fsp3) is 0.500. The average molecular weight is 591 g/mol. The van der Waals surface area contributed by atoms with Gasteiger partial charge in [-0.2, -0.15) is 0 Å². The van der Waals surface area contributed by atoms with Crippen LogP contribution in [0, 0.1) is 17.8 Å². The topological polar surface area (TPSA) is 57.2 Å². The summed E-state index contributed by atoms with van der Waals surface area (Å²) >= 11 is 0. The lowest BCUT2D eigenvalue weighted by atomic mass is 9.80. The summed E-state index contributed by atoms with van der Waals surface area (Å²) in [5.74, 6) is 0.896. The third-order valence-corrected chi connectivity index (χ3v) is 14.1. The smallest absolute Gasteiger partial charge is 0.261 e. The quantitative estimate of drug-likeness (QED) is 0.251. The summed E-state index contributed by atoms with van der Waals surface area (Å²) in [6.45, 7) is 15.8. The standard InChI is InChI=1S/C36H50O5Si/c1-9-32(41-42(36(5,6)7,30-16-12-10-13-17-30)31-18-14-11-15-19-31)26(3)34-27(4)33(25(2)24-37)39-35(40-34)28-20-22-29(38-8)23-21-28/h10-23,25-27,32-35,37H,9,24H2,1-8H3/t25-,26+,27+,32-,33+,34+,35?/m1/s1. The molecule has 0 aromatic heterocycles. The number of rotatable bonds is 11. The molecule has 0 spiro atoms. The highest BCUT2D eigenvalue weighted by atomic mass is 28.4. The molecule has 0 radical (unpaired) electrons. The molecule has 228 valence electrons. The maximum Gasteiger partial charge on any atom is 0.261 e. The van der Waals surface area contributed by atoms with Gasteiger partial charge < -0.3 is 23.7 Å². The molecular formula is C36H50O5Si. The lowest BCUT2D eigenvalue weighted by Crippen LogP contribution is -2.68. The van der Waals surface area contributed by atoms with Gasteiger partial charge in [0.05, 0.1) is 25.4 Å². The normalized spacial score (nSPS) is 23.6. The van der Waals surface area contributed by atoms with Crippen molar-refractivity contribution in [2.24, 2.45) is 17.8 Å². The van der Waals surface area contributed by atoms with E-state index in [-0.39, 0.29) is 47.7 Å². The lowest BCUT2D eigenvalue weighted by molar-refractivity contribution is -0.295. The molecule has 5 nitrogen and oxygen atoms in total. The molecule has 7 atom stereocenters. The predicted molar refractivity (Wildman–Crippen MR) is 173 cm³/mol. The fourth-order valence-corrected chi connectivity index (χ4v) is 11.6. The van der Waals surface area contributed by atoms with E-state index in [0.29, 0.717) is 0 Å². The molecule has 0 amide bonds. The van der Waals surface area contributed by atoms with E-state index in [4.69, 9.17) is 18.6 Å². The first-order valence-corrected chi connectivity index (χ1v) is 17.3. The Bertz CT molecular complexity index is 1190. The van der Waals surface area contributed by atoms with Crippen molar-refractivity contribution in [1.82, 2.24) is 0 Å². The van der Waals surface area contributed by atoms with Crippen LogP contribution in [0.2, 0.25) is 5.04 Å². The van der Waals surface area contributed by atoms with Gasteiger partial charge in [-0.1, -0.05) is 121 Å². The van der Waals surface area contributed by atoms with Crippen molar-refractivity contribution in [2.45, 2.75) is 84.5 Å². The van der Waals surface area contributed by atoms with E-state index in [2.05, 4.69) is 109 Å². The number of benzene rings is 3. The third kappa shape index (κ3) is 6.53. The van der Waals surface area contributed by atoms with Crippen LogP contribution >= 0.6 is 0 Å². The van der Waals surface area contributed by atoms with Gasteiger partial charge in [-0.25, -0.2) is 0 Å². The van der Waals surface area contributed by atoms with Crippen LogP contribution in [-0.2, 0) is 13.9 Å². The van der Waals surface area contributed by atoms with E-state index in [9.17, 15) is 5.11 Å². The first-order chi connectivity index (χ1) is 20.1. The second kappa shape index (κ2) is 13.9. The molecular weight excluding hydrogens is 540 g/mol. The highest BCUT2D eigenvalue weighted by Crippen LogP contribution is 2.43. The summed E-state index contributed by atoms with van der Waals surface area (Å²) in [6.07, 6.45) is -0.0268. The minimum absolute atomic E-state index is 0.0305. The Kier molecular flexibility index (Phi) is 10.7. The van der Waals surface area contributed by atoms with Crippen LogP contribution in [0.15, 0.2) is 84.9 Å². The molecule has 1 unspecified atom stereocenters. The zero-order valence-electron chi connectivity index (χ0n) is 26.6. The summed E-state index contributed by atoms with van der Waals surface area (Å²) < 4.78 is 26.4. The first kappa shape index (κ1) is 32.4. The van der Waals surface area contributed by atoms with Crippen molar-refractivity contribution >= 4 is 18.7 Å². The number of hydrogen-bond acceptors (Lipinski definition) is 5. The molecule has 6 heteroatoms. The highest BCUT2D eigenvalue weighted by Gasteiger charge is 2.53. The van der Waals surface area contributed by atoms with Crippen molar-refractivity contribution in [3.63, 3.8) is 0 Å². The van der Waals surface area contributed by atoms with Crippen LogP contribution in [0.1, 0.15) is 66.7 Å². The van der Waals surface area contributed by atoms with Crippen molar-refractivity contribution in [1.29, 1.82) is 0 Å². The molecule has 1 N–H and O–H groups in total. The second-order valence-corrected chi connectivity index (χ2v) is 17.2. The minimum atomic E-state index is -2.76. The molecule has 1 aliphatic heterocycles. The van der Waals surface area contributed by atoms with E-state index in [1.807, 2.05) is 24.3 Å². The van der Waals surface area contributed by atoms with E-state index in [0.717, 1.165) is 17.7 Å². The molecule has 3 aromatic rings.